The minimum absolute atomic E-state index is 0.104. The van der Waals surface area contributed by atoms with Crippen molar-refractivity contribution in [3.05, 3.63) is 65.7 Å². The molecular weight excluding hydrogens is 184 g/mol. The Morgan fingerprint density at radius 1 is 0.867 bits per heavy atom. The number of para-hydroxylation sites is 1. The first kappa shape index (κ1) is 9.74. The van der Waals surface area contributed by atoms with Crippen LogP contribution in [0.15, 0.2) is 54.6 Å². The van der Waals surface area contributed by atoms with E-state index in [2.05, 4.69) is 17.9 Å². The van der Waals surface area contributed by atoms with Crippen LogP contribution >= 0.6 is 0 Å². The number of hydrogen-bond acceptors (Lipinski definition) is 1. The summed E-state index contributed by atoms with van der Waals surface area (Å²) in [6.07, 6.45) is 0. The summed E-state index contributed by atoms with van der Waals surface area (Å²) in [6.45, 7) is 0. The van der Waals surface area contributed by atoms with Gasteiger partial charge in [0.15, 0.2) is 0 Å². The molecule has 15 heavy (non-hydrogen) atoms. The minimum Gasteiger partial charge on any atom is -0.398 e. The molecule has 0 radical (unpaired) electrons. The van der Waals surface area contributed by atoms with Crippen molar-refractivity contribution in [1.29, 1.82) is 0 Å². The zero-order valence-electron chi connectivity index (χ0n) is 8.56. The molecule has 76 valence electrons. The Balaban J connectivity index is 2.37. The Hall–Kier alpha value is -1.80. The van der Waals surface area contributed by atoms with Gasteiger partial charge in [0.2, 0.25) is 0 Å². The quantitative estimate of drug-likeness (QED) is 0.709. The number of rotatable bonds is 2. The van der Waals surface area contributed by atoms with Crippen molar-refractivity contribution in [3.8, 4) is 0 Å². The molecular formula is C13H15N2+. The molecule has 2 nitrogen and oxygen atoms in total. The molecule has 0 heterocycles. The summed E-state index contributed by atoms with van der Waals surface area (Å²) in [6, 6.07) is 18.2. The van der Waals surface area contributed by atoms with Crippen molar-refractivity contribution in [2.75, 3.05) is 5.73 Å². The number of nitrogens with two attached hydrogens (primary N) is 1. The van der Waals surface area contributed by atoms with Gasteiger partial charge in [0, 0.05) is 16.8 Å². The maximum absolute atomic E-state index is 5.92. The van der Waals surface area contributed by atoms with Crippen LogP contribution in [0.1, 0.15) is 17.2 Å². The molecule has 2 rings (SSSR count). The molecule has 1 atom stereocenters. The van der Waals surface area contributed by atoms with E-state index >= 15 is 0 Å². The van der Waals surface area contributed by atoms with Gasteiger partial charge in [0.25, 0.3) is 0 Å². The predicted octanol–water partition coefficient (Wildman–Crippen LogP) is 1.60. The van der Waals surface area contributed by atoms with Gasteiger partial charge in [-0.1, -0.05) is 48.5 Å². The highest BCUT2D eigenvalue weighted by atomic mass is 14.7. The van der Waals surface area contributed by atoms with Gasteiger partial charge in [0.05, 0.1) is 0 Å². The molecule has 0 saturated carbocycles. The molecule has 0 amide bonds. The Labute approximate surface area is 89.5 Å². The van der Waals surface area contributed by atoms with Gasteiger partial charge < -0.3 is 11.5 Å². The van der Waals surface area contributed by atoms with E-state index in [0.29, 0.717) is 0 Å². The summed E-state index contributed by atoms with van der Waals surface area (Å²) >= 11 is 0. The van der Waals surface area contributed by atoms with Crippen LogP contribution in [0.4, 0.5) is 5.69 Å². The average molecular weight is 199 g/mol. The first-order valence-electron chi connectivity index (χ1n) is 5.01. The Morgan fingerprint density at radius 2 is 1.47 bits per heavy atom. The molecule has 2 aromatic rings. The van der Waals surface area contributed by atoms with E-state index in [4.69, 9.17) is 5.73 Å². The zero-order valence-corrected chi connectivity index (χ0v) is 8.56. The lowest BCUT2D eigenvalue weighted by Gasteiger charge is -2.11. The van der Waals surface area contributed by atoms with Gasteiger partial charge in [0.1, 0.15) is 6.04 Å². The molecule has 0 aliphatic rings. The second-order valence-electron chi connectivity index (χ2n) is 3.59. The van der Waals surface area contributed by atoms with Crippen molar-refractivity contribution < 1.29 is 5.73 Å². The van der Waals surface area contributed by atoms with E-state index in [1.165, 1.54) is 5.56 Å². The fourth-order valence-corrected chi connectivity index (χ4v) is 1.69. The van der Waals surface area contributed by atoms with Crippen LogP contribution in [0.5, 0.6) is 0 Å². The van der Waals surface area contributed by atoms with Crippen LogP contribution in [0.25, 0.3) is 0 Å². The summed E-state index contributed by atoms with van der Waals surface area (Å²) in [4.78, 5) is 0. The van der Waals surface area contributed by atoms with Gasteiger partial charge in [-0.25, -0.2) is 0 Å². The standard InChI is InChI=1S/C13H14N2/c14-12-9-5-4-8-11(12)13(15)10-6-2-1-3-7-10/h1-9,13H,14-15H2/p+1/t13-/m0/s1. The number of hydrogen-bond donors (Lipinski definition) is 2. The molecule has 0 fully saturated rings. The van der Waals surface area contributed by atoms with E-state index in [9.17, 15) is 0 Å². The van der Waals surface area contributed by atoms with Gasteiger partial charge >= 0.3 is 0 Å². The highest BCUT2D eigenvalue weighted by Gasteiger charge is 2.13. The van der Waals surface area contributed by atoms with E-state index in [1.54, 1.807) is 0 Å². The fourth-order valence-electron chi connectivity index (χ4n) is 1.69. The van der Waals surface area contributed by atoms with Crippen LogP contribution < -0.4 is 11.5 Å². The van der Waals surface area contributed by atoms with Gasteiger partial charge in [-0.15, -0.1) is 0 Å². The molecule has 0 aromatic heterocycles. The third-order valence-corrected chi connectivity index (χ3v) is 2.57. The SMILES string of the molecule is Nc1ccccc1[C@@H]([NH3+])c1ccccc1. The summed E-state index contributed by atoms with van der Waals surface area (Å²) in [7, 11) is 0. The van der Waals surface area contributed by atoms with Crippen LogP contribution in [0.2, 0.25) is 0 Å². The number of nitrogen functional groups attached to an aromatic ring is 1. The van der Waals surface area contributed by atoms with Crippen molar-refractivity contribution in [2.45, 2.75) is 6.04 Å². The number of benzene rings is 2. The van der Waals surface area contributed by atoms with Crippen LogP contribution in [-0.4, -0.2) is 0 Å². The van der Waals surface area contributed by atoms with Crippen LogP contribution in [0.3, 0.4) is 0 Å². The molecule has 0 aliphatic carbocycles. The summed E-state index contributed by atoms with van der Waals surface area (Å²) in [5, 5.41) is 0. The van der Waals surface area contributed by atoms with E-state index < -0.39 is 0 Å². The summed E-state index contributed by atoms with van der Waals surface area (Å²) < 4.78 is 0. The molecule has 5 N–H and O–H groups in total. The van der Waals surface area contributed by atoms with Crippen LogP contribution in [0, 0.1) is 0 Å². The molecule has 2 heteroatoms. The first-order chi connectivity index (χ1) is 7.29. The number of anilines is 1. The van der Waals surface area contributed by atoms with Crippen molar-refractivity contribution in [3.63, 3.8) is 0 Å². The molecule has 2 aromatic carbocycles. The second kappa shape index (κ2) is 4.15. The van der Waals surface area contributed by atoms with E-state index in [0.717, 1.165) is 11.3 Å². The molecule has 0 bridgehead atoms. The van der Waals surface area contributed by atoms with Gasteiger partial charge in [-0.2, -0.15) is 0 Å². The Kier molecular flexibility index (Phi) is 2.70. The topological polar surface area (TPSA) is 53.7 Å². The average Bonchev–Trinajstić information content (AvgIpc) is 2.30. The third-order valence-electron chi connectivity index (χ3n) is 2.57. The highest BCUT2D eigenvalue weighted by Crippen LogP contribution is 2.22. The maximum Gasteiger partial charge on any atom is 0.138 e. The molecule has 0 unspecified atom stereocenters. The van der Waals surface area contributed by atoms with Crippen molar-refractivity contribution in [1.82, 2.24) is 0 Å². The normalized spacial score (nSPS) is 12.3. The van der Waals surface area contributed by atoms with E-state index in [1.807, 2.05) is 42.5 Å². The van der Waals surface area contributed by atoms with Crippen molar-refractivity contribution in [2.24, 2.45) is 0 Å². The molecule has 0 saturated heterocycles. The minimum atomic E-state index is 0.104. The smallest absolute Gasteiger partial charge is 0.138 e. The zero-order chi connectivity index (χ0) is 10.7. The fraction of sp³-hybridized carbons (Fsp3) is 0.0769. The van der Waals surface area contributed by atoms with Crippen molar-refractivity contribution >= 4 is 5.69 Å². The van der Waals surface area contributed by atoms with E-state index in [-0.39, 0.29) is 6.04 Å². The highest BCUT2D eigenvalue weighted by molar-refractivity contribution is 5.50. The molecule has 0 aliphatic heterocycles. The Bertz CT molecular complexity index is 437. The largest absolute Gasteiger partial charge is 0.398 e. The lowest BCUT2D eigenvalue weighted by molar-refractivity contribution is -0.411. The third kappa shape index (κ3) is 2.00. The summed E-state index contributed by atoms with van der Waals surface area (Å²) in [5.41, 5.74) is 13.2. The number of quaternary nitrogens is 1. The second-order valence-corrected chi connectivity index (χ2v) is 3.59. The lowest BCUT2D eigenvalue weighted by Crippen LogP contribution is -2.54. The maximum atomic E-state index is 5.92. The van der Waals surface area contributed by atoms with Gasteiger partial charge in [-0.3, -0.25) is 0 Å². The summed E-state index contributed by atoms with van der Waals surface area (Å²) in [5.74, 6) is 0. The lowest BCUT2D eigenvalue weighted by atomic mass is 9.98. The first-order valence-corrected chi connectivity index (χ1v) is 5.01. The molecule has 0 spiro atoms. The Morgan fingerprint density at radius 3 is 2.13 bits per heavy atom. The monoisotopic (exact) mass is 199 g/mol. The van der Waals surface area contributed by atoms with Crippen LogP contribution in [-0.2, 0) is 0 Å². The van der Waals surface area contributed by atoms with Gasteiger partial charge in [-0.05, 0) is 6.07 Å². The predicted molar refractivity (Wildman–Crippen MR) is 62.0 cm³/mol.